The molecule has 0 bridgehead atoms. The van der Waals surface area contributed by atoms with Crippen molar-refractivity contribution in [3.05, 3.63) is 24.5 Å². The molecule has 0 aliphatic rings. The lowest BCUT2D eigenvalue weighted by Gasteiger charge is -2.35. The van der Waals surface area contributed by atoms with Crippen LogP contribution >= 0.6 is 0 Å². The first kappa shape index (κ1) is 22.9. The molecular weight excluding hydrogens is 363 g/mol. The zero-order chi connectivity index (χ0) is 19.2. The highest BCUT2D eigenvalue weighted by Crippen LogP contribution is 2.36. The molecule has 0 saturated carbocycles. The number of rotatable bonds is 4. The van der Waals surface area contributed by atoms with Crippen LogP contribution in [0.15, 0.2) is 24.5 Å². The van der Waals surface area contributed by atoms with E-state index in [-0.39, 0.29) is 0 Å². The molecule has 0 unspecified atom stereocenters. The SMILES string of the molecule is CCO[Si](C)(C)C(C)(C)C.O=S(=O)(Oc1cccnc1)C(F)(F)F. The summed E-state index contributed by atoms with van der Waals surface area (Å²) in [7, 11) is -7.00. The van der Waals surface area contributed by atoms with Gasteiger partial charge in [0.25, 0.3) is 0 Å². The van der Waals surface area contributed by atoms with E-state index in [0.717, 1.165) is 18.9 Å². The van der Waals surface area contributed by atoms with Gasteiger partial charge >= 0.3 is 15.6 Å². The van der Waals surface area contributed by atoms with Gasteiger partial charge in [-0.1, -0.05) is 20.8 Å². The molecule has 0 atom stereocenters. The van der Waals surface area contributed by atoms with Gasteiger partial charge in [0, 0.05) is 12.8 Å². The van der Waals surface area contributed by atoms with E-state index in [1.54, 1.807) is 0 Å². The van der Waals surface area contributed by atoms with Gasteiger partial charge in [-0.25, -0.2) is 0 Å². The predicted octanol–water partition coefficient (Wildman–Crippen LogP) is 4.34. The Labute approximate surface area is 142 Å². The Kier molecular flexibility index (Phi) is 7.91. The maximum atomic E-state index is 11.8. The van der Waals surface area contributed by atoms with Crippen LogP contribution < -0.4 is 4.18 Å². The van der Waals surface area contributed by atoms with Crippen molar-refractivity contribution in [2.75, 3.05) is 6.61 Å². The van der Waals surface area contributed by atoms with Gasteiger partial charge in [-0.05, 0) is 37.2 Å². The van der Waals surface area contributed by atoms with Crippen LogP contribution in [0.4, 0.5) is 13.2 Å². The Morgan fingerprint density at radius 3 is 2.04 bits per heavy atom. The normalized spacial score (nSPS) is 13.0. The van der Waals surface area contributed by atoms with Crippen molar-refractivity contribution in [3.8, 4) is 5.75 Å². The highest BCUT2D eigenvalue weighted by atomic mass is 32.2. The number of halogens is 3. The Bertz CT molecular complexity index is 599. The minimum absolute atomic E-state index is 0.364. The van der Waals surface area contributed by atoms with Crippen molar-refractivity contribution in [2.24, 2.45) is 0 Å². The molecule has 0 saturated heterocycles. The molecule has 0 spiro atoms. The molecule has 0 aliphatic heterocycles. The predicted molar refractivity (Wildman–Crippen MR) is 88.7 cm³/mol. The Balaban J connectivity index is 0.000000470. The van der Waals surface area contributed by atoms with Crippen molar-refractivity contribution in [3.63, 3.8) is 0 Å². The van der Waals surface area contributed by atoms with Gasteiger partial charge in [0.2, 0.25) is 0 Å². The minimum Gasteiger partial charge on any atom is -0.417 e. The summed E-state index contributed by atoms with van der Waals surface area (Å²) in [6, 6.07) is 2.30. The lowest BCUT2D eigenvalue weighted by molar-refractivity contribution is -0.0500. The van der Waals surface area contributed by atoms with Gasteiger partial charge in [-0.15, -0.1) is 0 Å². The number of nitrogens with zero attached hydrogens (tertiary/aromatic N) is 1. The van der Waals surface area contributed by atoms with Crippen molar-refractivity contribution in [1.29, 1.82) is 0 Å². The second-order valence-electron chi connectivity index (χ2n) is 6.37. The maximum Gasteiger partial charge on any atom is 0.534 e. The molecule has 1 aromatic heterocycles. The van der Waals surface area contributed by atoms with Crippen molar-refractivity contribution < 1.29 is 30.2 Å². The van der Waals surface area contributed by atoms with Gasteiger partial charge in [0.05, 0.1) is 6.20 Å². The van der Waals surface area contributed by atoms with E-state index >= 15 is 0 Å². The first-order chi connectivity index (χ1) is 10.6. The van der Waals surface area contributed by atoms with E-state index < -0.39 is 29.7 Å². The van der Waals surface area contributed by atoms with Gasteiger partial charge in [0.15, 0.2) is 14.1 Å². The molecule has 24 heavy (non-hydrogen) atoms. The lowest BCUT2D eigenvalue weighted by atomic mass is 10.2. The van der Waals surface area contributed by atoms with E-state index in [1.807, 2.05) is 0 Å². The Morgan fingerprint density at radius 2 is 1.75 bits per heavy atom. The molecule has 1 heterocycles. The fourth-order valence-corrected chi connectivity index (χ4v) is 2.75. The average molecular weight is 387 g/mol. The topological polar surface area (TPSA) is 65.5 Å². The van der Waals surface area contributed by atoms with Crippen LogP contribution in [-0.4, -0.2) is 33.8 Å². The molecule has 5 nitrogen and oxygen atoms in total. The van der Waals surface area contributed by atoms with Gasteiger partial charge in [-0.2, -0.15) is 21.6 Å². The molecule has 0 aliphatic carbocycles. The molecular formula is C14H24F3NO4SSi. The lowest BCUT2D eigenvalue weighted by Crippen LogP contribution is -2.40. The number of alkyl halides is 3. The molecule has 1 aromatic rings. The maximum absolute atomic E-state index is 11.8. The number of hydrogen-bond donors (Lipinski definition) is 0. The van der Waals surface area contributed by atoms with E-state index in [0.29, 0.717) is 5.04 Å². The first-order valence-electron chi connectivity index (χ1n) is 7.19. The van der Waals surface area contributed by atoms with E-state index in [4.69, 9.17) is 4.43 Å². The standard InChI is InChI=1S/C8H20OSi.C6H4F3NO3S/c1-7-9-10(5,6)8(2,3)4;7-6(8,9)14(11,12)13-5-2-1-3-10-4-5/h7H2,1-6H3;1-4H. The fraction of sp³-hybridized carbons (Fsp3) is 0.643. The number of pyridine rings is 1. The summed E-state index contributed by atoms with van der Waals surface area (Å²) in [5.41, 5.74) is -5.43. The van der Waals surface area contributed by atoms with Crippen LogP contribution in [0, 0.1) is 0 Å². The largest absolute Gasteiger partial charge is 0.534 e. The highest BCUT2D eigenvalue weighted by Gasteiger charge is 2.48. The second-order valence-corrected chi connectivity index (χ2v) is 12.7. The van der Waals surface area contributed by atoms with Crippen LogP contribution in [-0.2, 0) is 14.5 Å². The van der Waals surface area contributed by atoms with Crippen LogP contribution in [0.5, 0.6) is 5.75 Å². The van der Waals surface area contributed by atoms with Crippen molar-refractivity contribution in [2.45, 2.75) is 51.3 Å². The zero-order valence-corrected chi connectivity index (χ0v) is 16.5. The monoisotopic (exact) mass is 387 g/mol. The molecule has 1 rings (SSSR count). The molecule has 140 valence electrons. The second kappa shape index (κ2) is 8.30. The summed E-state index contributed by atoms with van der Waals surface area (Å²) in [6.45, 7) is 14.3. The minimum atomic E-state index is -5.59. The quantitative estimate of drug-likeness (QED) is 0.437. The van der Waals surface area contributed by atoms with Crippen LogP contribution in [0.2, 0.25) is 18.1 Å². The van der Waals surface area contributed by atoms with Crippen LogP contribution in [0.3, 0.4) is 0 Å². The van der Waals surface area contributed by atoms with Gasteiger partial charge in [-0.3, -0.25) is 4.98 Å². The molecule has 10 heteroatoms. The van der Waals surface area contributed by atoms with E-state index in [1.165, 1.54) is 12.3 Å². The fourth-order valence-electron chi connectivity index (χ4n) is 1.15. The summed E-state index contributed by atoms with van der Waals surface area (Å²) >= 11 is 0. The molecule has 0 aromatic carbocycles. The summed E-state index contributed by atoms with van der Waals surface area (Å²) in [5, 5.41) is 0.364. The third-order valence-corrected chi connectivity index (χ3v) is 9.04. The zero-order valence-electron chi connectivity index (χ0n) is 14.6. The summed E-state index contributed by atoms with van der Waals surface area (Å²) in [5.74, 6) is -0.482. The Hall–Kier alpha value is -1.13. The van der Waals surface area contributed by atoms with E-state index in [2.05, 4.69) is 50.0 Å². The average Bonchev–Trinajstić information content (AvgIpc) is 2.37. The molecule has 0 radical (unpaired) electrons. The molecule has 0 N–H and O–H groups in total. The smallest absolute Gasteiger partial charge is 0.417 e. The van der Waals surface area contributed by atoms with Gasteiger partial charge in [0.1, 0.15) is 0 Å². The van der Waals surface area contributed by atoms with Gasteiger partial charge < -0.3 is 8.61 Å². The van der Waals surface area contributed by atoms with E-state index in [9.17, 15) is 21.6 Å². The van der Waals surface area contributed by atoms with Crippen molar-refractivity contribution in [1.82, 2.24) is 4.98 Å². The summed E-state index contributed by atoms with van der Waals surface area (Å²) < 4.78 is 65.7. The summed E-state index contributed by atoms with van der Waals surface area (Å²) in [4.78, 5) is 3.39. The van der Waals surface area contributed by atoms with Crippen LogP contribution in [0.25, 0.3) is 0 Å². The Morgan fingerprint density at radius 1 is 1.21 bits per heavy atom. The first-order valence-corrected chi connectivity index (χ1v) is 11.5. The third kappa shape index (κ3) is 7.18. The van der Waals surface area contributed by atoms with Crippen molar-refractivity contribution >= 4 is 18.4 Å². The molecule has 0 amide bonds. The molecule has 0 fully saturated rings. The van der Waals surface area contributed by atoms with Crippen LogP contribution in [0.1, 0.15) is 27.7 Å². The third-order valence-electron chi connectivity index (χ3n) is 3.44. The number of aromatic nitrogens is 1. The highest BCUT2D eigenvalue weighted by molar-refractivity contribution is 7.87. The summed E-state index contributed by atoms with van der Waals surface area (Å²) in [6.07, 6.45) is 2.14. The number of hydrogen-bond acceptors (Lipinski definition) is 5.